The van der Waals surface area contributed by atoms with Crippen molar-refractivity contribution in [1.82, 2.24) is 15.3 Å². The average molecular weight is 359 g/mol. The molecule has 25 heavy (non-hydrogen) atoms. The van der Waals surface area contributed by atoms with Crippen molar-refractivity contribution < 1.29 is 4.79 Å². The van der Waals surface area contributed by atoms with Gasteiger partial charge in [0.25, 0.3) is 0 Å². The van der Waals surface area contributed by atoms with Crippen molar-refractivity contribution in [3.8, 4) is 0 Å². The van der Waals surface area contributed by atoms with Gasteiger partial charge in [0.1, 0.15) is 12.1 Å². The largest absolute Gasteiger partial charge is 0.355 e. The normalized spacial score (nSPS) is 19.6. The van der Waals surface area contributed by atoms with Crippen LogP contribution in [0.5, 0.6) is 0 Å². The average Bonchev–Trinajstić information content (AvgIpc) is 3.26. The van der Waals surface area contributed by atoms with Crippen LogP contribution in [0, 0.1) is 12.8 Å². The van der Waals surface area contributed by atoms with Crippen molar-refractivity contribution in [2.45, 2.75) is 57.9 Å². The fourth-order valence-electron chi connectivity index (χ4n) is 4.15. The minimum absolute atomic E-state index is 0.253. The maximum atomic E-state index is 12.3. The molecule has 0 bridgehead atoms. The van der Waals surface area contributed by atoms with E-state index in [1.807, 2.05) is 0 Å². The van der Waals surface area contributed by atoms with Crippen LogP contribution in [0.1, 0.15) is 50.5 Å². The number of carbonyl (C=O) groups is 1. The second-order valence-electron chi connectivity index (χ2n) is 7.48. The summed E-state index contributed by atoms with van der Waals surface area (Å²) in [6, 6.07) is 0.434. The van der Waals surface area contributed by atoms with Gasteiger partial charge in [0, 0.05) is 25.6 Å². The van der Waals surface area contributed by atoms with Crippen molar-refractivity contribution in [2.24, 2.45) is 5.92 Å². The van der Waals surface area contributed by atoms with E-state index in [4.69, 9.17) is 0 Å². The lowest BCUT2D eigenvalue weighted by Gasteiger charge is -2.32. The van der Waals surface area contributed by atoms with Gasteiger partial charge < -0.3 is 10.2 Å². The number of carbonyl (C=O) groups excluding carboxylic acids is 1. The summed E-state index contributed by atoms with van der Waals surface area (Å²) < 4.78 is 1.19. The van der Waals surface area contributed by atoms with Crippen molar-refractivity contribution in [1.29, 1.82) is 0 Å². The molecule has 1 amide bonds. The van der Waals surface area contributed by atoms with Crippen LogP contribution >= 0.6 is 11.3 Å². The molecule has 0 unspecified atom stereocenters. The number of aryl methyl sites for hydroxylation is 1. The zero-order valence-electron chi connectivity index (χ0n) is 14.8. The molecule has 2 aliphatic rings. The minimum Gasteiger partial charge on any atom is -0.355 e. The maximum Gasteiger partial charge on any atom is 0.220 e. The molecule has 0 spiro atoms. The highest BCUT2D eigenvalue weighted by Crippen LogP contribution is 2.33. The molecule has 1 saturated carbocycles. The first-order chi connectivity index (χ1) is 12.2. The highest BCUT2D eigenvalue weighted by molar-refractivity contribution is 7.18. The van der Waals surface area contributed by atoms with Crippen LogP contribution in [-0.2, 0) is 4.79 Å². The fraction of sp³-hybridized carbons (Fsp3) is 0.632. The lowest BCUT2D eigenvalue weighted by molar-refractivity contribution is -0.122. The first kappa shape index (κ1) is 16.8. The van der Waals surface area contributed by atoms with E-state index >= 15 is 0 Å². The maximum absolute atomic E-state index is 12.3. The molecule has 2 aromatic rings. The lowest BCUT2D eigenvalue weighted by Crippen LogP contribution is -2.38. The predicted octanol–water partition coefficient (Wildman–Crippen LogP) is 3.67. The van der Waals surface area contributed by atoms with E-state index < -0.39 is 0 Å². The van der Waals surface area contributed by atoms with Crippen LogP contribution in [0.4, 0.5) is 5.82 Å². The van der Waals surface area contributed by atoms with Crippen LogP contribution < -0.4 is 10.2 Å². The second-order valence-corrected chi connectivity index (χ2v) is 8.36. The number of amides is 1. The molecule has 3 heterocycles. The molecule has 1 aliphatic heterocycles. The van der Waals surface area contributed by atoms with Gasteiger partial charge in [-0.15, -0.1) is 11.3 Å². The Labute approximate surface area is 152 Å². The summed E-state index contributed by atoms with van der Waals surface area (Å²) in [4.78, 5) is 23.6. The van der Waals surface area contributed by atoms with Gasteiger partial charge in [-0.2, -0.15) is 0 Å². The van der Waals surface area contributed by atoms with Gasteiger partial charge in [0.05, 0.1) is 10.2 Å². The van der Waals surface area contributed by atoms with E-state index in [0.717, 1.165) is 50.1 Å². The molecule has 1 aliphatic carbocycles. The number of rotatable bonds is 4. The molecular formula is C19H26N4OS. The summed E-state index contributed by atoms with van der Waals surface area (Å²) in [5.74, 6) is 1.82. The summed E-state index contributed by atoms with van der Waals surface area (Å²) in [6.45, 7) is 4.06. The number of piperidine rings is 1. The Morgan fingerprint density at radius 2 is 2.00 bits per heavy atom. The highest BCUT2D eigenvalue weighted by atomic mass is 32.1. The zero-order chi connectivity index (χ0) is 17.2. The summed E-state index contributed by atoms with van der Waals surface area (Å²) in [6.07, 6.45) is 9.34. The van der Waals surface area contributed by atoms with E-state index in [1.54, 1.807) is 17.7 Å². The number of anilines is 1. The van der Waals surface area contributed by atoms with Crippen molar-refractivity contribution >= 4 is 33.3 Å². The molecular weight excluding hydrogens is 332 g/mol. The monoisotopic (exact) mass is 358 g/mol. The SMILES string of the molecule is Cc1csc2c(N3CCC(CC(=O)NC4CCCC4)CC3)ncnc12. The Morgan fingerprint density at radius 3 is 2.76 bits per heavy atom. The Hall–Kier alpha value is -1.69. The van der Waals surface area contributed by atoms with E-state index in [2.05, 4.69) is 32.5 Å². The molecule has 2 aromatic heterocycles. The molecule has 0 atom stereocenters. The standard InChI is InChI=1S/C19H26N4OS/c1-13-11-25-18-17(13)20-12-21-19(18)23-8-6-14(7-9-23)10-16(24)22-15-4-2-3-5-15/h11-12,14-15H,2-10H2,1H3,(H,22,24). The first-order valence-electron chi connectivity index (χ1n) is 9.44. The van der Waals surface area contributed by atoms with E-state index in [1.165, 1.54) is 23.1 Å². The number of nitrogens with one attached hydrogen (secondary N) is 1. The number of fused-ring (bicyclic) bond motifs is 1. The number of thiophene rings is 1. The molecule has 1 N–H and O–H groups in total. The molecule has 5 nitrogen and oxygen atoms in total. The van der Waals surface area contributed by atoms with Crippen LogP contribution in [0.25, 0.3) is 10.2 Å². The number of hydrogen-bond acceptors (Lipinski definition) is 5. The molecule has 134 valence electrons. The Balaban J connectivity index is 1.34. The predicted molar refractivity (Wildman–Crippen MR) is 102 cm³/mol. The van der Waals surface area contributed by atoms with Gasteiger partial charge in [-0.3, -0.25) is 4.79 Å². The summed E-state index contributed by atoms with van der Waals surface area (Å²) in [5.41, 5.74) is 2.30. The van der Waals surface area contributed by atoms with Crippen LogP contribution in [-0.4, -0.2) is 35.0 Å². The third-order valence-electron chi connectivity index (χ3n) is 5.62. The number of aromatic nitrogens is 2. The van der Waals surface area contributed by atoms with Crippen LogP contribution in [0.2, 0.25) is 0 Å². The van der Waals surface area contributed by atoms with E-state index in [0.29, 0.717) is 18.4 Å². The van der Waals surface area contributed by atoms with Crippen molar-refractivity contribution in [2.75, 3.05) is 18.0 Å². The third kappa shape index (κ3) is 3.64. The Morgan fingerprint density at radius 1 is 1.24 bits per heavy atom. The summed E-state index contributed by atoms with van der Waals surface area (Å²) in [7, 11) is 0. The topological polar surface area (TPSA) is 58.1 Å². The Bertz CT molecular complexity index is 745. The molecule has 2 fully saturated rings. The molecule has 0 radical (unpaired) electrons. The van der Waals surface area contributed by atoms with Crippen molar-refractivity contribution in [3.63, 3.8) is 0 Å². The zero-order valence-corrected chi connectivity index (χ0v) is 15.6. The number of nitrogens with zero attached hydrogens (tertiary/aromatic N) is 3. The van der Waals surface area contributed by atoms with Gasteiger partial charge in [-0.1, -0.05) is 12.8 Å². The van der Waals surface area contributed by atoms with Crippen LogP contribution in [0.3, 0.4) is 0 Å². The van der Waals surface area contributed by atoms with Gasteiger partial charge >= 0.3 is 0 Å². The van der Waals surface area contributed by atoms with Gasteiger partial charge in [-0.05, 0) is 49.5 Å². The van der Waals surface area contributed by atoms with Gasteiger partial charge in [-0.25, -0.2) is 9.97 Å². The summed E-state index contributed by atoms with van der Waals surface area (Å²) >= 11 is 1.73. The molecule has 4 rings (SSSR count). The second kappa shape index (κ2) is 7.28. The number of hydrogen-bond donors (Lipinski definition) is 1. The molecule has 0 aromatic carbocycles. The van der Waals surface area contributed by atoms with Gasteiger partial charge in [0.2, 0.25) is 5.91 Å². The quantitative estimate of drug-likeness (QED) is 0.906. The van der Waals surface area contributed by atoms with E-state index in [-0.39, 0.29) is 5.91 Å². The van der Waals surface area contributed by atoms with Crippen LogP contribution in [0.15, 0.2) is 11.7 Å². The van der Waals surface area contributed by atoms with Crippen molar-refractivity contribution in [3.05, 3.63) is 17.3 Å². The smallest absolute Gasteiger partial charge is 0.220 e. The fourth-order valence-corrected chi connectivity index (χ4v) is 5.17. The van der Waals surface area contributed by atoms with Gasteiger partial charge in [0.15, 0.2) is 0 Å². The van der Waals surface area contributed by atoms with E-state index in [9.17, 15) is 4.79 Å². The summed E-state index contributed by atoms with van der Waals surface area (Å²) in [5, 5.41) is 5.38. The molecule has 6 heteroatoms. The Kier molecular flexibility index (Phi) is 4.88. The highest BCUT2D eigenvalue weighted by Gasteiger charge is 2.25. The third-order valence-corrected chi connectivity index (χ3v) is 6.70. The molecule has 1 saturated heterocycles. The minimum atomic E-state index is 0.253. The first-order valence-corrected chi connectivity index (χ1v) is 10.3. The lowest BCUT2D eigenvalue weighted by atomic mass is 9.93.